The summed E-state index contributed by atoms with van der Waals surface area (Å²) in [7, 11) is 0. The minimum atomic E-state index is -0.678. The number of hydrogen-bond acceptors (Lipinski definition) is 6. The van der Waals surface area contributed by atoms with Crippen LogP contribution in [0.4, 0.5) is 0 Å². The molecule has 1 amide bonds. The average Bonchev–Trinajstić information content (AvgIpc) is 3.13. The van der Waals surface area contributed by atoms with E-state index in [9.17, 15) is 14.7 Å². The number of fused-ring (bicyclic) bond motifs is 1. The zero-order valence-electron chi connectivity index (χ0n) is 21.8. The predicted molar refractivity (Wildman–Crippen MR) is 139 cm³/mol. The highest BCUT2D eigenvalue weighted by molar-refractivity contribution is 6.46. The number of aliphatic hydroxyl groups excluding tert-OH is 1. The molecule has 1 saturated heterocycles. The molecule has 0 aliphatic carbocycles. The summed E-state index contributed by atoms with van der Waals surface area (Å²) in [5.41, 5.74) is 2.42. The van der Waals surface area contributed by atoms with E-state index in [1.165, 1.54) is 0 Å². The van der Waals surface area contributed by atoms with Gasteiger partial charge in [0.05, 0.1) is 11.6 Å². The second-order valence-corrected chi connectivity index (χ2v) is 10.2. The Morgan fingerprint density at radius 2 is 1.64 bits per heavy atom. The fraction of sp³-hybridized carbons (Fsp3) is 0.448. The van der Waals surface area contributed by atoms with Gasteiger partial charge < -0.3 is 24.4 Å². The zero-order valence-corrected chi connectivity index (χ0v) is 21.8. The summed E-state index contributed by atoms with van der Waals surface area (Å²) in [6.45, 7) is 14.2. The molecule has 0 bridgehead atoms. The van der Waals surface area contributed by atoms with Gasteiger partial charge in [-0.25, -0.2) is 0 Å². The minimum Gasteiger partial charge on any atom is -0.507 e. The first-order valence-electron chi connectivity index (χ1n) is 12.7. The van der Waals surface area contributed by atoms with Crippen LogP contribution in [0.1, 0.15) is 57.4 Å². The Morgan fingerprint density at radius 3 is 2.25 bits per heavy atom. The molecule has 4 rings (SSSR count). The molecule has 0 saturated carbocycles. The van der Waals surface area contributed by atoms with Gasteiger partial charge in [-0.05, 0) is 47.8 Å². The van der Waals surface area contributed by atoms with Crippen LogP contribution in [0.3, 0.4) is 0 Å². The lowest BCUT2D eigenvalue weighted by molar-refractivity contribution is -0.140. The average molecular weight is 493 g/mol. The number of hydrogen-bond donors (Lipinski definition) is 1. The fourth-order valence-corrected chi connectivity index (χ4v) is 4.76. The molecule has 2 aromatic rings. The summed E-state index contributed by atoms with van der Waals surface area (Å²) in [4.78, 5) is 30.4. The molecule has 0 spiro atoms. The predicted octanol–water partition coefficient (Wildman–Crippen LogP) is 4.52. The first kappa shape index (κ1) is 25.8. The lowest BCUT2D eigenvalue weighted by Gasteiger charge is -2.29. The summed E-state index contributed by atoms with van der Waals surface area (Å²) in [5.74, 6) is -0.377. The Morgan fingerprint density at radius 1 is 1.00 bits per heavy atom. The van der Waals surface area contributed by atoms with Crippen LogP contribution in [0.25, 0.3) is 5.76 Å². The van der Waals surface area contributed by atoms with Crippen LogP contribution in [0.2, 0.25) is 0 Å². The Balaban J connectivity index is 1.79. The van der Waals surface area contributed by atoms with Crippen LogP contribution in [-0.4, -0.2) is 66.0 Å². The summed E-state index contributed by atoms with van der Waals surface area (Å²) in [6, 6.07) is 12.4. The molecule has 2 heterocycles. The van der Waals surface area contributed by atoms with Gasteiger partial charge in [0, 0.05) is 18.7 Å². The van der Waals surface area contributed by atoms with E-state index in [-0.39, 0.29) is 16.7 Å². The van der Waals surface area contributed by atoms with E-state index in [1.807, 2.05) is 24.3 Å². The van der Waals surface area contributed by atoms with E-state index in [4.69, 9.17) is 9.47 Å². The third kappa shape index (κ3) is 4.98. The second kappa shape index (κ2) is 10.3. The number of ketones is 1. The van der Waals surface area contributed by atoms with Gasteiger partial charge >= 0.3 is 0 Å². The lowest BCUT2D eigenvalue weighted by Crippen LogP contribution is -2.38. The van der Waals surface area contributed by atoms with Crippen LogP contribution in [0.5, 0.6) is 11.5 Å². The van der Waals surface area contributed by atoms with E-state index in [0.29, 0.717) is 43.4 Å². The fourth-order valence-electron chi connectivity index (χ4n) is 4.76. The molecule has 0 radical (unpaired) electrons. The van der Waals surface area contributed by atoms with Crippen LogP contribution < -0.4 is 9.47 Å². The van der Waals surface area contributed by atoms with Gasteiger partial charge in [-0.15, -0.1) is 0 Å². The van der Waals surface area contributed by atoms with Crippen molar-refractivity contribution in [1.29, 1.82) is 0 Å². The maximum atomic E-state index is 13.3. The monoisotopic (exact) mass is 492 g/mol. The summed E-state index contributed by atoms with van der Waals surface area (Å²) < 4.78 is 11.3. The summed E-state index contributed by atoms with van der Waals surface area (Å²) in [5, 5.41) is 11.4. The van der Waals surface area contributed by atoms with Gasteiger partial charge in [0.2, 0.25) is 0 Å². The number of rotatable bonds is 7. The van der Waals surface area contributed by atoms with Crippen molar-refractivity contribution in [2.24, 2.45) is 0 Å². The number of likely N-dealkylation sites (N-methyl/N-ethyl adjacent to an activating group) is 1. The molecule has 2 aliphatic rings. The highest BCUT2D eigenvalue weighted by Crippen LogP contribution is 2.41. The van der Waals surface area contributed by atoms with Crippen LogP contribution in [0.15, 0.2) is 48.0 Å². The molecule has 1 atom stereocenters. The molecule has 7 nitrogen and oxygen atoms in total. The van der Waals surface area contributed by atoms with E-state index in [1.54, 1.807) is 23.1 Å². The van der Waals surface area contributed by atoms with E-state index in [0.717, 1.165) is 24.2 Å². The molecular weight excluding hydrogens is 456 g/mol. The van der Waals surface area contributed by atoms with Gasteiger partial charge in [-0.3, -0.25) is 9.59 Å². The Labute approximate surface area is 213 Å². The lowest BCUT2D eigenvalue weighted by atomic mass is 9.85. The van der Waals surface area contributed by atoms with Gasteiger partial charge in [0.15, 0.2) is 11.5 Å². The number of ether oxygens (including phenoxy) is 2. The molecule has 1 fully saturated rings. The number of benzene rings is 2. The quantitative estimate of drug-likeness (QED) is 0.348. The minimum absolute atomic E-state index is 0.0334. The summed E-state index contributed by atoms with van der Waals surface area (Å²) in [6.07, 6.45) is 0. The number of likely N-dealkylation sites (tertiary alicyclic amines) is 1. The van der Waals surface area contributed by atoms with Crippen molar-refractivity contribution in [2.75, 3.05) is 39.4 Å². The van der Waals surface area contributed by atoms with E-state index in [2.05, 4.69) is 39.5 Å². The number of nitrogens with zero attached hydrogens (tertiary/aromatic N) is 2. The van der Waals surface area contributed by atoms with Crippen molar-refractivity contribution in [3.63, 3.8) is 0 Å². The first-order valence-corrected chi connectivity index (χ1v) is 12.7. The second-order valence-electron chi connectivity index (χ2n) is 10.2. The molecular formula is C29H36N2O5. The standard InChI is InChI=1S/C29H36N2O5/c1-6-30(7-2)14-15-31-25(19-8-11-21(12-9-19)29(3,4)5)24(27(33)28(31)34)26(32)20-10-13-22-23(18-20)36-17-16-35-22/h8-13,18,25,32H,6-7,14-17H2,1-5H3/b26-24+. The number of amides is 1. The van der Waals surface area contributed by atoms with Crippen molar-refractivity contribution >= 4 is 17.4 Å². The number of aliphatic hydroxyl groups is 1. The molecule has 36 heavy (non-hydrogen) atoms. The van der Waals surface area contributed by atoms with Crippen molar-refractivity contribution in [2.45, 2.75) is 46.1 Å². The van der Waals surface area contributed by atoms with Crippen molar-refractivity contribution in [3.8, 4) is 11.5 Å². The molecule has 2 aliphatic heterocycles. The van der Waals surface area contributed by atoms with Gasteiger partial charge in [-0.1, -0.05) is 58.9 Å². The highest BCUT2D eigenvalue weighted by atomic mass is 16.6. The molecule has 2 aromatic carbocycles. The molecule has 192 valence electrons. The Hall–Kier alpha value is -3.32. The Kier molecular flexibility index (Phi) is 7.41. The van der Waals surface area contributed by atoms with Crippen molar-refractivity contribution in [3.05, 3.63) is 64.7 Å². The largest absolute Gasteiger partial charge is 0.507 e. The number of carbonyl (C=O) groups excluding carboxylic acids is 2. The maximum Gasteiger partial charge on any atom is 0.295 e. The molecule has 1 N–H and O–H groups in total. The normalized spacial score (nSPS) is 19.3. The van der Waals surface area contributed by atoms with Crippen LogP contribution in [0, 0.1) is 0 Å². The highest BCUT2D eigenvalue weighted by Gasteiger charge is 2.46. The van der Waals surface area contributed by atoms with Crippen molar-refractivity contribution in [1.82, 2.24) is 9.80 Å². The summed E-state index contributed by atoms with van der Waals surface area (Å²) >= 11 is 0. The topological polar surface area (TPSA) is 79.3 Å². The number of carbonyl (C=O) groups is 2. The zero-order chi connectivity index (χ0) is 26.0. The van der Waals surface area contributed by atoms with Crippen molar-refractivity contribution < 1.29 is 24.2 Å². The van der Waals surface area contributed by atoms with Gasteiger partial charge in [-0.2, -0.15) is 0 Å². The SMILES string of the molecule is CCN(CC)CCN1C(=O)C(=O)/C(=C(/O)c2ccc3c(c2)OCCO3)C1c1ccc(C(C)(C)C)cc1. The van der Waals surface area contributed by atoms with Crippen LogP contribution >= 0.6 is 0 Å². The number of Topliss-reactive ketones (excluding diaryl/α,β-unsaturated/α-hetero) is 1. The third-order valence-corrected chi connectivity index (χ3v) is 7.00. The van der Waals surface area contributed by atoms with E-state index >= 15 is 0 Å². The van der Waals surface area contributed by atoms with E-state index < -0.39 is 17.7 Å². The Bertz CT molecular complexity index is 1160. The van der Waals surface area contributed by atoms with Gasteiger partial charge in [0.1, 0.15) is 19.0 Å². The third-order valence-electron chi connectivity index (χ3n) is 7.00. The maximum absolute atomic E-state index is 13.3. The van der Waals surface area contributed by atoms with Gasteiger partial charge in [0.25, 0.3) is 11.7 Å². The first-order chi connectivity index (χ1) is 17.2. The smallest absolute Gasteiger partial charge is 0.295 e. The molecule has 1 unspecified atom stereocenters. The van der Waals surface area contributed by atoms with Crippen LogP contribution in [-0.2, 0) is 15.0 Å². The molecule has 0 aromatic heterocycles. The molecule has 7 heteroatoms.